The SMILES string of the molecule is C[C@@H](Sc1nc2ncc(Cl)cc2[nH]1)C(=O)NC(C)(C)C. The zero-order chi connectivity index (χ0) is 14.9. The lowest BCUT2D eigenvalue weighted by Gasteiger charge is -2.22. The summed E-state index contributed by atoms with van der Waals surface area (Å²) in [6, 6.07) is 1.76. The minimum absolute atomic E-state index is 0.0195. The number of thioether (sulfide) groups is 1. The fraction of sp³-hybridized carbons (Fsp3) is 0.462. The van der Waals surface area contributed by atoms with Crippen LogP contribution < -0.4 is 5.32 Å². The van der Waals surface area contributed by atoms with Crippen LogP contribution in [0.1, 0.15) is 27.7 Å². The summed E-state index contributed by atoms with van der Waals surface area (Å²) in [5.41, 5.74) is 1.12. The van der Waals surface area contributed by atoms with E-state index in [0.717, 1.165) is 5.52 Å². The highest BCUT2D eigenvalue weighted by Crippen LogP contribution is 2.24. The Labute approximate surface area is 126 Å². The van der Waals surface area contributed by atoms with Crippen molar-refractivity contribution in [2.45, 2.75) is 43.6 Å². The van der Waals surface area contributed by atoms with Crippen LogP contribution in [0.15, 0.2) is 17.4 Å². The van der Waals surface area contributed by atoms with E-state index in [2.05, 4.69) is 20.3 Å². The van der Waals surface area contributed by atoms with Gasteiger partial charge in [0.2, 0.25) is 5.91 Å². The number of hydrogen-bond donors (Lipinski definition) is 2. The molecule has 7 heteroatoms. The van der Waals surface area contributed by atoms with Crippen LogP contribution >= 0.6 is 23.4 Å². The highest BCUT2D eigenvalue weighted by Gasteiger charge is 2.21. The first-order valence-electron chi connectivity index (χ1n) is 6.24. The van der Waals surface area contributed by atoms with E-state index in [0.29, 0.717) is 15.8 Å². The van der Waals surface area contributed by atoms with Gasteiger partial charge in [0.1, 0.15) is 0 Å². The molecule has 2 aromatic rings. The van der Waals surface area contributed by atoms with E-state index >= 15 is 0 Å². The molecule has 108 valence electrons. The Bertz CT molecular complexity index is 635. The van der Waals surface area contributed by atoms with E-state index in [1.165, 1.54) is 11.8 Å². The second-order valence-electron chi connectivity index (χ2n) is 5.57. The summed E-state index contributed by atoms with van der Waals surface area (Å²) < 4.78 is 0. The average molecular weight is 313 g/mol. The Balaban J connectivity index is 2.09. The van der Waals surface area contributed by atoms with Gasteiger partial charge in [0.05, 0.1) is 15.8 Å². The first-order chi connectivity index (χ1) is 9.24. The zero-order valence-electron chi connectivity index (χ0n) is 11.8. The first-order valence-corrected chi connectivity index (χ1v) is 7.50. The molecule has 1 amide bonds. The van der Waals surface area contributed by atoms with Gasteiger partial charge in [0, 0.05) is 11.7 Å². The second kappa shape index (κ2) is 5.61. The highest BCUT2D eigenvalue weighted by molar-refractivity contribution is 8.00. The van der Waals surface area contributed by atoms with Crippen molar-refractivity contribution in [1.29, 1.82) is 0 Å². The van der Waals surface area contributed by atoms with Crippen molar-refractivity contribution >= 4 is 40.4 Å². The number of aromatic nitrogens is 3. The number of imidazole rings is 1. The Morgan fingerprint density at radius 3 is 2.85 bits per heavy atom. The molecule has 0 saturated carbocycles. The van der Waals surface area contributed by atoms with Gasteiger partial charge in [0.25, 0.3) is 0 Å². The van der Waals surface area contributed by atoms with E-state index in [-0.39, 0.29) is 16.7 Å². The molecule has 0 aromatic carbocycles. The third-order valence-electron chi connectivity index (χ3n) is 2.44. The van der Waals surface area contributed by atoms with Gasteiger partial charge in [-0.3, -0.25) is 4.79 Å². The molecule has 5 nitrogen and oxygen atoms in total. The molecule has 2 N–H and O–H groups in total. The Hall–Kier alpha value is -1.27. The molecule has 0 radical (unpaired) electrons. The van der Waals surface area contributed by atoms with Crippen LogP contribution in [0.2, 0.25) is 5.02 Å². The molecule has 2 rings (SSSR count). The summed E-state index contributed by atoms with van der Waals surface area (Å²) in [4.78, 5) is 23.6. The smallest absolute Gasteiger partial charge is 0.233 e. The fourth-order valence-electron chi connectivity index (χ4n) is 1.60. The van der Waals surface area contributed by atoms with Crippen molar-refractivity contribution in [2.75, 3.05) is 0 Å². The predicted molar refractivity (Wildman–Crippen MR) is 82.1 cm³/mol. The number of carbonyl (C=O) groups excluding carboxylic acids is 1. The van der Waals surface area contributed by atoms with Gasteiger partial charge in [-0.2, -0.15) is 0 Å². The second-order valence-corrected chi connectivity index (χ2v) is 7.33. The number of pyridine rings is 1. The van der Waals surface area contributed by atoms with Crippen LogP contribution in [0.25, 0.3) is 11.2 Å². The van der Waals surface area contributed by atoms with Crippen LogP contribution in [0, 0.1) is 0 Å². The standard InChI is InChI=1S/C13H17ClN4OS/c1-7(11(19)18-13(2,3)4)20-12-16-9-5-8(14)6-15-10(9)17-12/h5-7H,1-4H3,(H,18,19)(H,15,16,17)/t7-/m1/s1. The third kappa shape index (κ3) is 3.86. The monoisotopic (exact) mass is 312 g/mol. The summed E-state index contributed by atoms with van der Waals surface area (Å²) in [7, 11) is 0. The number of H-pyrrole nitrogens is 1. The molecule has 0 bridgehead atoms. The summed E-state index contributed by atoms with van der Waals surface area (Å²) in [5.74, 6) is -0.0195. The number of carbonyl (C=O) groups is 1. The molecule has 0 saturated heterocycles. The van der Waals surface area contributed by atoms with Gasteiger partial charge in [-0.1, -0.05) is 23.4 Å². The summed E-state index contributed by atoms with van der Waals surface area (Å²) in [6.07, 6.45) is 1.55. The van der Waals surface area contributed by atoms with E-state index in [9.17, 15) is 4.79 Å². The average Bonchev–Trinajstić information content (AvgIpc) is 2.67. The molecule has 0 fully saturated rings. The van der Waals surface area contributed by atoms with E-state index < -0.39 is 0 Å². The first kappa shape index (κ1) is 15.1. The Morgan fingerprint density at radius 1 is 1.50 bits per heavy atom. The zero-order valence-corrected chi connectivity index (χ0v) is 13.4. The van der Waals surface area contributed by atoms with Crippen LogP contribution in [0.5, 0.6) is 0 Å². The van der Waals surface area contributed by atoms with Crippen LogP contribution in [0.4, 0.5) is 0 Å². The van der Waals surface area contributed by atoms with Crippen LogP contribution in [-0.2, 0) is 4.79 Å². The van der Waals surface area contributed by atoms with Crippen LogP contribution in [-0.4, -0.2) is 31.6 Å². The Kier molecular flexibility index (Phi) is 4.25. The lowest BCUT2D eigenvalue weighted by molar-refractivity contribution is -0.121. The minimum Gasteiger partial charge on any atom is -0.351 e. The summed E-state index contributed by atoms with van der Waals surface area (Å²) in [6.45, 7) is 7.71. The quantitative estimate of drug-likeness (QED) is 0.855. The maximum absolute atomic E-state index is 12.0. The molecule has 1 atom stereocenters. The molecule has 20 heavy (non-hydrogen) atoms. The van der Waals surface area contributed by atoms with E-state index in [1.54, 1.807) is 12.3 Å². The van der Waals surface area contributed by atoms with E-state index in [4.69, 9.17) is 11.6 Å². The van der Waals surface area contributed by atoms with E-state index in [1.807, 2.05) is 27.7 Å². The predicted octanol–water partition coefficient (Wildman–Crippen LogP) is 3.01. The number of amides is 1. The normalized spacial score (nSPS) is 13.4. The molecule has 0 unspecified atom stereocenters. The number of halogens is 1. The number of fused-ring (bicyclic) bond motifs is 1. The van der Waals surface area contributed by atoms with Crippen molar-refractivity contribution in [1.82, 2.24) is 20.3 Å². The summed E-state index contributed by atoms with van der Waals surface area (Å²) >= 11 is 7.24. The molecular weight excluding hydrogens is 296 g/mol. The van der Waals surface area contributed by atoms with Gasteiger partial charge < -0.3 is 10.3 Å². The maximum Gasteiger partial charge on any atom is 0.233 e. The number of hydrogen-bond acceptors (Lipinski definition) is 4. The van der Waals surface area contributed by atoms with Crippen molar-refractivity contribution < 1.29 is 4.79 Å². The molecular formula is C13H17ClN4OS. The number of aromatic amines is 1. The minimum atomic E-state index is -0.245. The summed E-state index contributed by atoms with van der Waals surface area (Å²) in [5, 5.41) is 3.91. The Morgan fingerprint density at radius 2 is 2.20 bits per heavy atom. The lowest BCUT2D eigenvalue weighted by Crippen LogP contribution is -2.44. The molecule has 0 aliphatic rings. The number of rotatable bonds is 3. The van der Waals surface area contributed by atoms with Gasteiger partial charge in [-0.25, -0.2) is 9.97 Å². The van der Waals surface area contributed by atoms with Gasteiger partial charge in [-0.05, 0) is 33.8 Å². The van der Waals surface area contributed by atoms with Gasteiger partial charge >= 0.3 is 0 Å². The lowest BCUT2D eigenvalue weighted by atomic mass is 10.1. The van der Waals surface area contributed by atoms with Crippen molar-refractivity contribution in [3.05, 3.63) is 17.3 Å². The number of nitrogens with one attached hydrogen (secondary N) is 2. The maximum atomic E-state index is 12.0. The fourth-order valence-corrected chi connectivity index (χ4v) is 2.57. The molecule has 2 aromatic heterocycles. The molecule has 0 aliphatic heterocycles. The largest absolute Gasteiger partial charge is 0.351 e. The topological polar surface area (TPSA) is 70.7 Å². The molecule has 0 spiro atoms. The molecule has 0 aliphatic carbocycles. The van der Waals surface area contributed by atoms with Crippen LogP contribution in [0.3, 0.4) is 0 Å². The van der Waals surface area contributed by atoms with Crippen molar-refractivity contribution in [3.8, 4) is 0 Å². The molecule has 2 heterocycles. The number of nitrogens with zero attached hydrogens (tertiary/aromatic N) is 2. The van der Waals surface area contributed by atoms with Crippen molar-refractivity contribution in [2.24, 2.45) is 0 Å². The third-order valence-corrected chi connectivity index (χ3v) is 3.63. The van der Waals surface area contributed by atoms with Gasteiger partial charge in [0.15, 0.2) is 10.8 Å². The highest BCUT2D eigenvalue weighted by atomic mass is 35.5. The van der Waals surface area contributed by atoms with Gasteiger partial charge in [-0.15, -0.1) is 0 Å². The van der Waals surface area contributed by atoms with Crippen molar-refractivity contribution in [3.63, 3.8) is 0 Å².